The summed E-state index contributed by atoms with van der Waals surface area (Å²) in [6.45, 7) is 2.37. The van der Waals surface area contributed by atoms with E-state index in [1.807, 2.05) is 11.4 Å². The highest BCUT2D eigenvalue weighted by atomic mass is 32.1. The molecule has 3 rings (SSSR count). The van der Waals surface area contributed by atoms with E-state index in [4.69, 9.17) is 4.74 Å². The molecule has 0 bridgehead atoms. The molecule has 9 heteroatoms. The van der Waals surface area contributed by atoms with E-state index in [1.54, 1.807) is 49.4 Å². The number of esters is 1. The van der Waals surface area contributed by atoms with Crippen molar-refractivity contribution in [1.29, 1.82) is 0 Å². The van der Waals surface area contributed by atoms with Crippen LogP contribution in [0.4, 0.5) is 0 Å². The molecule has 3 heterocycles. The number of hydrogen-bond donors (Lipinski definition) is 2. The molecule has 0 aliphatic carbocycles. The number of carbonyl (C=O) groups is 2. The molecule has 7 nitrogen and oxygen atoms in total. The lowest BCUT2D eigenvalue weighted by molar-refractivity contribution is -0.123. The number of amides is 1. The highest BCUT2D eigenvalue weighted by molar-refractivity contribution is 7.28. The molecule has 0 aliphatic rings. The lowest BCUT2D eigenvalue weighted by Crippen LogP contribution is -2.35. The first kappa shape index (κ1) is 18.6. The van der Waals surface area contributed by atoms with Gasteiger partial charge in [-0.05, 0) is 25.4 Å². The molecule has 1 amide bonds. The van der Waals surface area contributed by atoms with Crippen LogP contribution in [0.3, 0.4) is 0 Å². The summed E-state index contributed by atoms with van der Waals surface area (Å²) in [6.07, 6.45) is 3.46. The Kier molecular flexibility index (Phi) is 5.70. The van der Waals surface area contributed by atoms with Gasteiger partial charge in [-0.3, -0.25) is 9.48 Å². The van der Waals surface area contributed by atoms with Gasteiger partial charge >= 0.3 is 5.97 Å². The van der Waals surface area contributed by atoms with Crippen molar-refractivity contribution in [2.75, 3.05) is 13.7 Å². The summed E-state index contributed by atoms with van der Waals surface area (Å²) < 4.78 is 8.85. The molecule has 0 saturated heterocycles. The van der Waals surface area contributed by atoms with E-state index >= 15 is 0 Å². The van der Waals surface area contributed by atoms with Crippen LogP contribution in [-0.4, -0.2) is 35.3 Å². The first-order valence-electron chi connectivity index (χ1n) is 8.14. The third kappa shape index (κ3) is 3.64. The minimum absolute atomic E-state index is 0.175. The number of hydrogen-bond acceptors (Lipinski definition) is 7. The Morgan fingerprint density at radius 1 is 1.42 bits per heavy atom. The molecule has 3 aromatic heterocycles. The molecule has 0 aliphatic heterocycles. The molecule has 0 saturated carbocycles. The third-order valence-electron chi connectivity index (χ3n) is 3.90. The smallest absolute Gasteiger partial charge is 0.348 e. The van der Waals surface area contributed by atoms with E-state index in [0.29, 0.717) is 11.5 Å². The zero-order valence-electron chi connectivity index (χ0n) is 14.7. The predicted octanol–water partition coefficient (Wildman–Crippen LogP) is 2.45. The molecule has 0 spiro atoms. The topological polar surface area (TPSA) is 85.2 Å². The van der Waals surface area contributed by atoms with Crippen molar-refractivity contribution < 1.29 is 14.3 Å². The van der Waals surface area contributed by atoms with Gasteiger partial charge in [0.25, 0.3) is 0 Å². The van der Waals surface area contributed by atoms with Crippen LogP contribution in [0.2, 0.25) is 0 Å². The maximum atomic E-state index is 12.6. The van der Waals surface area contributed by atoms with E-state index in [1.165, 1.54) is 11.3 Å². The number of aromatic nitrogens is 2. The van der Waals surface area contributed by atoms with Crippen molar-refractivity contribution in [2.24, 2.45) is 7.05 Å². The number of rotatable bonds is 7. The molecular weight excluding hydrogens is 372 g/mol. The zero-order chi connectivity index (χ0) is 18.7. The average Bonchev–Trinajstić information content (AvgIpc) is 3.30. The molecule has 0 radical (unpaired) electrons. The molecule has 0 fully saturated rings. The second kappa shape index (κ2) is 7.98. The van der Waals surface area contributed by atoms with Gasteiger partial charge in [-0.15, -0.1) is 22.7 Å². The van der Waals surface area contributed by atoms with Crippen molar-refractivity contribution in [1.82, 2.24) is 20.4 Å². The molecular formula is C17H20N4O3S2. The normalized spacial score (nSPS) is 12.3. The highest BCUT2D eigenvalue weighted by Crippen LogP contribution is 2.35. The minimum Gasteiger partial charge on any atom is -0.462 e. The SMILES string of the molecule is CCOC(=O)c1sc2ccsc2c1CNC(=O)C(NC)c1cnn(C)c1. The Bertz CT molecular complexity index is 928. The Hall–Kier alpha value is -2.23. The standard InChI is InChI=1S/C17H20N4O3S2/c1-4-24-17(23)15-11(14-12(26-15)5-6-25-14)8-19-16(22)13(18-2)10-7-20-21(3)9-10/h5-7,9,13,18H,4,8H2,1-3H3,(H,19,22). The fourth-order valence-electron chi connectivity index (χ4n) is 2.71. The molecule has 3 aromatic rings. The maximum Gasteiger partial charge on any atom is 0.348 e. The largest absolute Gasteiger partial charge is 0.462 e. The summed E-state index contributed by atoms with van der Waals surface area (Å²) in [5.74, 6) is -0.520. The predicted molar refractivity (Wildman–Crippen MR) is 103 cm³/mol. The highest BCUT2D eigenvalue weighted by Gasteiger charge is 2.23. The number of carbonyl (C=O) groups excluding carboxylic acids is 2. The Morgan fingerprint density at radius 3 is 2.88 bits per heavy atom. The van der Waals surface area contributed by atoms with Crippen LogP contribution >= 0.6 is 22.7 Å². The summed E-state index contributed by atoms with van der Waals surface area (Å²) in [5.41, 5.74) is 1.59. The van der Waals surface area contributed by atoms with E-state index in [-0.39, 0.29) is 18.4 Å². The molecule has 1 atom stereocenters. The van der Waals surface area contributed by atoms with Gasteiger partial charge < -0.3 is 15.4 Å². The summed E-state index contributed by atoms with van der Waals surface area (Å²) in [5, 5.41) is 12.0. The Morgan fingerprint density at radius 2 is 2.23 bits per heavy atom. The van der Waals surface area contributed by atoms with Crippen LogP contribution in [-0.2, 0) is 23.1 Å². The lowest BCUT2D eigenvalue weighted by Gasteiger charge is -2.14. The number of aryl methyl sites for hydroxylation is 1. The molecule has 2 N–H and O–H groups in total. The van der Waals surface area contributed by atoms with E-state index < -0.39 is 6.04 Å². The fraction of sp³-hybridized carbons (Fsp3) is 0.353. The van der Waals surface area contributed by atoms with Crippen LogP contribution in [0.5, 0.6) is 0 Å². The van der Waals surface area contributed by atoms with Crippen molar-refractivity contribution in [3.63, 3.8) is 0 Å². The Balaban J connectivity index is 1.80. The van der Waals surface area contributed by atoms with Crippen LogP contribution < -0.4 is 10.6 Å². The van der Waals surface area contributed by atoms with Crippen molar-refractivity contribution in [3.8, 4) is 0 Å². The first-order chi connectivity index (χ1) is 12.5. The van der Waals surface area contributed by atoms with Crippen molar-refractivity contribution >= 4 is 43.9 Å². The van der Waals surface area contributed by atoms with Crippen molar-refractivity contribution in [2.45, 2.75) is 19.5 Å². The van der Waals surface area contributed by atoms with Gasteiger partial charge in [0.2, 0.25) is 5.91 Å². The van der Waals surface area contributed by atoms with Gasteiger partial charge in [-0.25, -0.2) is 4.79 Å². The van der Waals surface area contributed by atoms with Gasteiger partial charge in [0.05, 0.1) is 17.5 Å². The summed E-state index contributed by atoms with van der Waals surface area (Å²) >= 11 is 2.96. The van der Waals surface area contributed by atoms with E-state index in [2.05, 4.69) is 15.7 Å². The number of thiophene rings is 2. The molecule has 0 aromatic carbocycles. The van der Waals surface area contributed by atoms with Crippen molar-refractivity contribution in [3.05, 3.63) is 39.8 Å². The van der Waals surface area contributed by atoms with Gasteiger partial charge in [-0.1, -0.05) is 0 Å². The maximum absolute atomic E-state index is 12.6. The zero-order valence-corrected chi connectivity index (χ0v) is 16.4. The summed E-state index contributed by atoms with van der Waals surface area (Å²) in [7, 11) is 3.53. The van der Waals surface area contributed by atoms with E-state index in [0.717, 1.165) is 20.5 Å². The Labute approximate surface area is 159 Å². The minimum atomic E-state index is -0.507. The monoisotopic (exact) mass is 392 g/mol. The number of nitrogens with one attached hydrogen (secondary N) is 2. The first-order valence-corrected chi connectivity index (χ1v) is 9.84. The number of likely N-dealkylation sites (N-methyl/N-ethyl adjacent to an activating group) is 1. The van der Waals surface area contributed by atoms with Crippen LogP contribution in [0, 0.1) is 0 Å². The summed E-state index contributed by atoms with van der Waals surface area (Å²) in [4.78, 5) is 25.4. The number of fused-ring (bicyclic) bond motifs is 1. The van der Waals surface area contributed by atoms with Gasteiger partial charge in [0.1, 0.15) is 10.9 Å². The third-order valence-corrected chi connectivity index (χ3v) is 6.18. The summed E-state index contributed by atoms with van der Waals surface area (Å²) in [6, 6.07) is 1.47. The molecule has 1 unspecified atom stereocenters. The molecule has 26 heavy (non-hydrogen) atoms. The fourth-order valence-corrected chi connectivity index (χ4v) is 4.98. The van der Waals surface area contributed by atoms with Gasteiger partial charge in [-0.2, -0.15) is 5.10 Å². The number of nitrogens with zero attached hydrogens (tertiary/aromatic N) is 2. The van der Waals surface area contributed by atoms with E-state index in [9.17, 15) is 9.59 Å². The lowest BCUT2D eigenvalue weighted by atomic mass is 10.1. The van der Waals surface area contributed by atoms with Crippen LogP contribution in [0.15, 0.2) is 23.8 Å². The average molecular weight is 393 g/mol. The van der Waals surface area contributed by atoms with Gasteiger partial charge in [0, 0.05) is 35.6 Å². The van der Waals surface area contributed by atoms with Gasteiger partial charge in [0.15, 0.2) is 0 Å². The number of ether oxygens (including phenoxy) is 1. The molecule has 138 valence electrons. The quantitative estimate of drug-likeness (QED) is 0.603. The second-order valence-corrected chi connectivity index (χ2v) is 7.60. The second-order valence-electron chi connectivity index (χ2n) is 5.63. The van der Waals surface area contributed by atoms with Crippen LogP contribution in [0.1, 0.15) is 33.8 Å². The van der Waals surface area contributed by atoms with Crippen LogP contribution in [0.25, 0.3) is 9.40 Å².